The predicted molar refractivity (Wildman–Crippen MR) is 218 cm³/mol. The van der Waals surface area contributed by atoms with E-state index in [1.54, 1.807) is 17.0 Å². The van der Waals surface area contributed by atoms with Gasteiger partial charge in [0, 0.05) is 44.1 Å². The van der Waals surface area contributed by atoms with E-state index in [1.807, 2.05) is 51.1 Å². The molecule has 7 rings (SSSR count). The highest BCUT2D eigenvalue weighted by Crippen LogP contribution is 2.29. The minimum atomic E-state index is -0.695. The highest BCUT2D eigenvalue weighted by molar-refractivity contribution is 5.92. The van der Waals surface area contributed by atoms with Crippen LogP contribution in [0.1, 0.15) is 70.9 Å². The van der Waals surface area contributed by atoms with Crippen LogP contribution in [0, 0.1) is 11.7 Å². The van der Waals surface area contributed by atoms with Crippen molar-refractivity contribution >= 4 is 23.0 Å². The third-order valence-electron chi connectivity index (χ3n) is 10.9. The molecule has 0 unspecified atom stereocenters. The molecule has 1 aliphatic carbocycles. The molecule has 2 amide bonds. The van der Waals surface area contributed by atoms with Crippen LogP contribution in [0.3, 0.4) is 0 Å². The third kappa shape index (κ3) is 9.22. The number of carbonyl (C=O) groups excluding carboxylic acids is 2. The number of rotatable bonds is 8. The number of fused-ring (bicyclic) bond motifs is 1. The molecule has 14 heteroatoms. The maximum atomic E-state index is 14.6. The van der Waals surface area contributed by atoms with E-state index in [0.717, 1.165) is 42.7 Å². The number of nitrogens with one attached hydrogen (secondary N) is 1. The van der Waals surface area contributed by atoms with Gasteiger partial charge in [0.2, 0.25) is 0 Å². The fraction of sp³-hybridized carbons (Fsp3) is 0.386. The van der Waals surface area contributed by atoms with Gasteiger partial charge in [0.15, 0.2) is 5.65 Å². The first-order valence-electron chi connectivity index (χ1n) is 19.8. The minimum absolute atomic E-state index is 0.0161. The summed E-state index contributed by atoms with van der Waals surface area (Å²) in [6.45, 7) is 7.33. The predicted octanol–water partition coefficient (Wildman–Crippen LogP) is 6.63. The first-order chi connectivity index (χ1) is 27.7. The average Bonchev–Trinajstić information content (AvgIpc) is 3.19. The van der Waals surface area contributed by atoms with Crippen molar-refractivity contribution in [2.75, 3.05) is 19.6 Å². The number of hydrogen-bond donors (Lipinski definition) is 2. The quantitative estimate of drug-likeness (QED) is 0.190. The van der Waals surface area contributed by atoms with Crippen LogP contribution in [0.2, 0.25) is 0 Å². The van der Waals surface area contributed by atoms with Crippen LogP contribution in [-0.4, -0.2) is 67.2 Å². The zero-order chi connectivity index (χ0) is 41.1. The van der Waals surface area contributed by atoms with E-state index >= 15 is 0 Å². The van der Waals surface area contributed by atoms with Crippen molar-refractivity contribution in [1.29, 1.82) is 0 Å². The smallest absolute Gasteiger partial charge is 0.410 e. The number of halogens is 2. The van der Waals surface area contributed by atoms with E-state index in [4.69, 9.17) is 10.5 Å². The average molecular weight is 794 g/mol. The maximum absolute atomic E-state index is 14.6. The van der Waals surface area contributed by atoms with E-state index in [1.165, 1.54) is 38.1 Å². The lowest BCUT2D eigenvalue weighted by molar-refractivity contribution is -0.118. The van der Waals surface area contributed by atoms with Gasteiger partial charge < -0.3 is 25.6 Å². The highest BCUT2D eigenvalue weighted by atomic mass is 19.1. The summed E-state index contributed by atoms with van der Waals surface area (Å²) in [7, 11) is 0. The van der Waals surface area contributed by atoms with Crippen LogP contribution in [0.5, 0.6) is 0 Å². The molecule has 2 aliphatic heterocycles. The van der Waals surface area contributed by atoms with E-state index in [2.05, 4.69) is 22.4 Å². The largest absolute Gasteiger partial charge is 0.444 e. The Balaban J connectivity index is 1.06. The molecular weight excluding hydrogens is 745 g/mol. The first kappa shape index (κ1) is 40.2. The second-order valence-electron chi connectivity index (χ2n) is 16.4. The molecule has 304 valence electrons. The lowest BCUT2D eigenvalue weighted by Gasteiger charge is -2.33. The summed E-state index contributed by atoms with van der Waals surface area (Å²) in [5, 5.41) is 2.90. The van der Waals surface area contributed by atoms with Crippen molar-refractivity contribution in [3.05, 3.63) is 129 Å². The number of ether oxygens (including phenoxy) is 1. The van der Waals surface area contributed by atoms with Crippen molar-refractivity contribution in [3.63, 3.8) is 0 Å². The van der Waals surface area contributed by atoms with Crippen molar-refractivity contribution in [3.8, 4) is 16.8 Å². The van der Waals surface area contributed by atoms with Crippen LogP contribution in [-0.2, 0) is 16.0 Å². The molecule has 2 fully saturated rings. The Morgan fingerprint density at radius 2 is 1.69 bits per heavy atom. The molecule has 3 aliphatic rings. The Morgan fingerprint density at radius 3 is 2.38 bits per heavy atom. The zero-order valence-corrected chi connectivity index (χ0v) is 33.0. The highest BCUT2D eigenvalue weighted by Gasteiger charge is 2.29. The molecule has 2 aromatic heterocycles. The van der Waals surface area contributed by atoms with Crippen molar-refractivity contribution in [2.45, 2.75) is 83.4 Å². The summed E-state index contributed by atoms with van der Waals surface area (Å²) in [5.74, 6) is -1.19. The standard InChI is InChI=1S/C44H49F2N7O5/c1-44(2,3)58-43(57)51-20-17-29(18-21-51)22-28-9-11-30(12-10-28)31-6-4-8-36(23-31)52-39-37(24-33(46)25-48-39)41(55)53(42(52)56)35-15-13-34(14-16-35)49-40(54)38(47)27-50-19-5-7-32(45)26-50/h4-12,23-27,29,34-35H,13-22,47H2,1-3H3,(H,49,54)/b38-27-. The Labute approximate surface area is 335 Å². The van der Waals surface area contributed by atoms with Gasteiger partial charge in [-0.1, -0.05) is 42.5 Å². The zero-order valence-electron chi connectivity index (χ0n) is 33.0. The number of hydrogen-bond acceptors (Lipinski definition) is 8. The number of amides is 2. The van der Waals surface area contributed by atoms with Crippen LogP contribution in [0.4, 0.5) is 13.6 Å². The SMILES string of the molecule is CC(C)(C)OC(=O)N1CCC(Cc2ccc(-c3cccc(-n4c(=O)n(C5CCC(NC(=O)/C(N)=C/N6C=C(F)C=CC6)CC5)c(=O)c5cc(F)cnc54)c3)cc2)CC1. The minimum Gasteiger partial charge on any atom is -0.444 e. The van der Waals surface area contributed by atoms with Gasteiger partial charge in [0.25, 0.3) is 11.5 Å². The van der Waals surface area contributed by atoms with Crippen molar-refractivity contribution in [2.24, 2.45) is 11.7 Å². The number of aromatic nitrogens is 3. The summed E-state index contributed by atoms with van der Waals surface area (Å²) in [5.41, 5.74) is 7.70. The van der Waals surface area contributed by atoms with Gasteiger partial charge >= 0.3 is 11.8 Å². The monoisotopic (exact) mass is 793 g/mol. The van der Waals surface area contributed by atoms with Gasteiger partial charge in [0.1, 0.15) is 22.9 Å². The molecule has 3 N–H and O–H groups in total. The van der Waals surface area contributed by atoms with Crippen LogP contribution >= 0.6 is 0 Å². The van der Waals surface area contributed by atoms with Gasteiger partial charge in [-0.3, -0.25) is 14.2 Å². The molecule has 58 heavy (non-hydrogen) atoms. The number of allylic oxidation sites excluding steroid dienone is 2. The second kappa shape index (κ2) is 16.8. The van der Waals surface area contributed by atoms with Crippen LogP contribution < -0.4 is 22.3 Å². The molecule has 4 heterocycles. The van der Waals surface area contributed by atoms with Gasteiger partial charge in [-0.15, -0.1) is 0 Å². The molecule has 2 aromatic carbocycles. The molecule has 0 bridgehead atoms. The number of piperidine rings is 1. The first-order valence-corrected chi connectivity index (χ1v) is 19.8. The molecule has 0 spiro atoms. The fourth-order valence-corrected chi connectivity index (χ4v) is 7.99. The van der Waals surface area contributed by atoms with Gasteiger partial charge in [-0.2, -0.15) is 0 Å². The number of benzene rings is 2. The lowest BCUT2D eigenvalue weighted by Crippen LogP contribution is -2.45. The normalized spacial score (nSPS) is 19.3. The van der Waals surface area contributed by atoms with E-state index in [0.29, 0.717) is 56.9 Å². The molecule has 1 saturated carbocycles. The van der Waals surface area contributed by atoms with E-state index in [-0.39, 0.29) is 28.9 Å². The van der Waals surface area contributed by atoms with Crippen molar-refractivity contribution < 1.29 is 23.1 Å². The van der Waals surface area contributed by atoms with Crippen LogP contribution in [0.15, 0.2) is 106 Å². The topological polar surface area (TPSA) is 145 Å². The Bertz CT molecular complexity index is 2400. The van der Waals surface area contributed by atoms with E-state index < -0.39 is 40.4 Å². The number of carbonyl (C=O) groups is 2. The Hall–Kier alpha value is -6.05. The number of likely N-dealkylation sites (tertiary alicyclic amines) is 1. The number of nitrogens with two attached hydrogens (primary N) is 1. The second-order valence-corrected chi connectivity index (χ2v) is 16.4. The molecule has 0 radical (unpaired) electrons. The number of pyridine rings is 1. The number of nitrogens with zero attached hydrogens (tertiary/aromatic N) is 5. The molecule has 1 saturated heterocycles. The summed E-state index contributed by atoms with van der Waals surface area (Å²) in [6, 6.07) is 16.0. The van der Waals surface area contributed by atoms with Crippen LogP contribution in [0.25, 0.3) is 27.8 Å². The summed E-state index contributed by atoms with van der Waals surface area (Å²) in [4.78, 5) is 61.1. The Kier molecular flexibility index (Phi) is 11.6. The summed E-state index contributed by atoms with van der Waals surface area (Å²) < 4.78 is 36.3. The molecule has 4 aromatic rings. The molecule has 12 nitrogen and oxygen atoms in total. The van der Waals surface area contributed by atoms with Gasteiger partial charge in [0.05, 0.1) is 17.3 Å². The lowest BCUT2D eigenvalue weighted by atomic mass is 9.89. The Morgan fingerprint density at radius 1 is 0.966 bits per heavy atom. The summed E-state index contributed by atoms with van der Waals surface area (Å²) in [6.07, 6.45) is 10.7. The van der Waals surface area contributed by atoms with Gasteiger partial charge in [-0.25, -0.2) is 27.9 Å². The maximum Gasteiger partial charge on any atom is 0.410 e. The van der Waals surface area contributed by atoms with Crippen molar-refractivity contribution in [1.82, 2.24) is 29.2 Å². The van der Waals surface area contributed by atoms with Gasteiger partial charge in [-0.05, 0) is 113 Å². The third-order valence-corrected chi connectivity index (χ3v) is 10.9. The summed E-state index contributed by atoms with van der Waals surface area (Å²) >= 11 is 0. The fourth-order valence-electron chi connectivity index (χ4n) is 7.99. The molecule has 0 atom stereocenters. The molecular formula is C44H49F2N7O5. The van der Waals surface area contributed by atoms with E-state index in [9.17, 15) is 28.0 Å².